The van der Waals surface area contributed by atoms with Gasteiger partial charge in [-0.1, -0.05) is 0 Å². The van der Waals surface area contributed by atoms with Crippen LogP contribution in [-0.4, -0.2) is 29.0 Å². The minimum absolute atomic E-state index is 0.535. The lowest BCUT2D eigenvalue weighted by Gasteiger charge is -2.22. The second-order valence-electron chi connectivity index (χ2n) is 3.62. The predicted molar refractivity (Wildman–Crippen MR) is 55.4 cm³/mol. The molecule has 0 aliphatic carbocycles. The van der Waals surface area contributed by atoms with Gasteiger partial charge in [-0.15, -0.1) is 11.8 Å². The Morgan fingerprint density at radius 2 is 2.15 bits per heavy atom. The van der Waals surface area contributed by atoms with Crippen LogP contribution in [0.25, 0.3) is 0 Å². The molecule has 0 N–H and O–H groups in total. The molecule has 0 aromatic heterocycles. The molecule has 2 rings (SSSR count). The number of rotatable bonds is 1. The quantitative estimate of drug-likeness (QED) is 0.639. The van der Waals surface area contributed by atoms with Crippen LogP contribution in [0.1, 0.15) is 19.8 Å². The first kappa shape index (κ1) is 8.96. The van der Waals surface area contributed by atoms with Gasteiger partial charge in [0.15, 0.2) is 0 Å². The Kier molecular flexibility index (Phi) is 2.50. The van der Waals surface area contributed by atoms with E-state index < -0.39 is 0 Å². The Labute approximate surface area is 83.6 Å². The molecule has 0 aromatic rings. The van der Waals surface area contributed by atoms with Crippen molar-refractivity contribution in [3.05, 3.63) is 11.3 Å². The molecule has 1 atom stereocenters. The first-order valence-corrected chi connectivity index (χ1v) is 5.87. The maximum atomic E-state index is 8.97. The van der Waals surface area contributed by atoms with Gasteiger partial charge in [-0.3, -0.25) is 0 Å². The van der Waals surface area contributed by atoms with Crippen LogP contribution in [0.4, 0.5) is 0 Å². The van der Waals surface area contributed by atoms with Crippen LogP contribution < -0.4 is 0 Å². The SMILES string of the molecule is CC1SCC(C#N)=C1N1CCCC1. The molecule has 2 nitrogen and oxygen atoms in total. The first-order chi connectivity index (χ1) is 6.33. The molecule has 70 valence electrons. The molecule has 1 unspecified atom stereocenters. The minimum atomic E-state index is 0.535. The first-order valence-electron chi connectivity index (χ1n) is 4.82. The number of nitriles is 1. The lowest BCUT2D eigenvalue weighted by Crippen LogP contribution is -2.23. The number of hydrogen-bond acceptors (Lipinski definition) is 3. The highest BCUT2D eigenvalue weighted by atomic mass is 32.2. The molecule has 13 heavy (non-hydrogen) atoms. The summed E-state index contributed by atoms with van der Waals surface area (Å²) >= 11 is 1.89. The standard InChI is InChI=1S/C10H14N2S/c1-8-10(9(6-11)7-13-8)12-4-2-3-5-12/h8H,2-5,7H2,1H3. The van der Waals surface area contributed by atoms with Crippen LogP contribution in [0.3, 0.4) is 0 Å². The van der Waals surface area contributed by atoms with Gasteiger partial charge in [-0.2, -0.15) is 5.26 Å². The van der Waals surface area contributed by atoms with Gasteiger partial charge in [-0.05, 0) is 19.8 Å². The van der Waals surface area contributed by atoms with E-state index in [-0.39, 0.29) is 0 Å². The summed E-state index contributed by atoms with van der Waals surface area (Å²) in [5.41, 5.74) is 2.34. The molecule has 1 saturated heterocycles. The molecule has 0 saturated carbocycles. The van der Waals surface area contributed by atoms with Crippen molar-refractivity contribution in [2.24, 2.45) is 0 Å². The molecule has 0 amide bonds. The van der Waals surface area contributed by atoms with Crippen LogP contribution >= 0.6 is 11.8 Å². The molecule has 1 fully saturated rings. The Hall–Kier alpha value is -0.620. The summed E-state index contributed by atoms with van der Waals surface area (Å²) in [5.74, 6) is 0.920. The van der Waals surface area contributed by atoms with Crippen LogP contribution in [0.2, 0.25) is 0 Å². The third kappa shape index (κ3) is 1.55. The molecule has 3 heteroatoms. The Morgan fingerprint density at radius 3 is 2.77 bits per heavy atom. The summed E-state index contributed by atoms with van der Waals surface area (Å²) in [6, 6.07) is 2.34. The Balaban J connectivity index is 2.22. The highest BCUT2D eigenvalue weighted by Gasteiger charge is 2.28. The topological polar surface area (TPSA) is 27.0 Å². The van der Waals surface area contributed by atoms with E-state index in [0.29, 0.717) is 5.25 Å². The van der Waals surface area contributed by atoms with Crippen LogP contribution in [0.15, 0.2) is 11.3 Å². The zero-order chi connectivity index (χ0) is 9.26. The summed E-state index contributed by atoms with van der Waals surface area (Å²) in [7, 11) is 0. The molecule has 2 aliphatic rings. The molecule has 0 spiro atoms. The maximum absolute atomic E-state index is 8.97. The van der Waals surface area contributed by atoms with Gasteiger partial charge < -0.3 is 4.90 Å². The van der Waals surface area contributed by atoms with E-state index in [9.17, 15) is 0 Å². The van der Waals surface area contributed by atoms with Crippen molar-refractivity contribution in [1.82, 2.24) is 4.90 Å². The molecule has 0 bridgehead atoms. The summed E-state index contributed by atoms with van der Waals surface area (Å²) in [4.78, 5) is 2.41. The normalized spacial score (nSPS) is 28.3. The van der Waals surface area contributed by atoms with Gasteiger partial charge >= 0.3 is 0 Å². The fraction of sp³-hybridized carbons (Fsp3) is 0.700. The predicted octanol–water partition coefficient (Wildman–Crippen LogP) is 2.00. The average Bonchev–Trinajstić information content (AvgIpc) is 2.72. The van der Waals surface area contributed by atoms with E-state index in [2.05, 4.69) is 17.9 Å². The van der Waals surface area contributed by atoms with Crippen molar-refractivity contribution in [1.29, 1.82) is 5.26 Å². The number of thioether (sulfide) groups is 1. The molecule has 0 radical (unpaired) electrons. The van der Waals surface area contributed by atoms with E-state index >= 15 is 0 Å². The van der Waals surface area contributed by atoms with Crippen molar-refractivity contribution in [3.63, 3.8) is 0 Å². The van der Waals surface area contributed by atoms with Crippen molar-refractivity contribution < 1.29 is 0 Å². The maximum Gasteiger partial charge on any atom is 0.0974 e. The lowest BCUT2D eigenvalue weighted by atomic mass is 10.2. The monoisotopic (exact) mass is 194 g/mol. The van der Waals surface area contributed by atoms with E-state index in [0.717, 1.165) is 24.4 Å². The fourth-order valence-corrected chi connectivity index (χ4v) is 3.18. The second-order valence-corrected chi connectivity index (χ2v) is 4.95. The van der Waals surface area contributed by atoms with Crippen molar-refractivity contribution in [3.8, 4) is 6.07 Å². The second kappa shape index (κ2) is 3.63. The molecular weight excluding hydrogens is 180 g/mol. The van der Waals surface area contributed by atoms with Crippen LogP contribution in [0, 0.1) is 11.3 Å². The lowest BCUT2D eigenvalue weighted by molar-refractivity contribution is 0.415. The average molecular weight is 194 g/mol. The van der Waals surface area contributed by atoms with Crippen LogP contribution in [0.5, 0.6) is 0 Å². The smallest absolute Gasteiger partial charge is 0.0974 e. The van der Waals surface area contributed by atoms with E-state index in [1.807, 2.05) is 11.8 Å². The van der Waals surface area contributed by atoms with Gasteiger partial charge in [0.1, 0.15) is 0 Å². The van der Waals surface area contributed by atoms with Crippen molar-refractivity contribution in [2.45, 2.75) is 25.0 Å². The van der Waals surface area contributed by atoms with Crippen LogP contribution in [-0.2, 0) is 0 Å². The Bertz CT molecular complexity index is 271. The van der Waals surface area contributed by atoms with Gasteiger partial charge in [0.2, 0.25) is 0 Å². The third-order valence-corrected chi connectivity index (χ3v) is 3.93. The fourth-order valence-electron chi connectivity index (χ4n) is 2.10. The number of likely N-dealkylation sites (tertiary alicyclic amines) is 1. The number of nitrogens with zero attached hydrogens (tertiary/aromatic N) is 2. The van der Waals surface area contributed by atoms with Crippen molar-refractivity contribution >= 4 is 11.8 Å². The zero-order valence-corrected chi connectivity index (χ0v) is 8.73. The number of hydrogen-bond donors (Lipinski definition) is 0. The van der Waals surface area contributed by atoms with Crippen molar-refractivity contribution in [2.75, 3.05) is 18.8 Å². The summed E-state index contributed by atoms with van der Waals surface area (Å²) in [5, 5.41) is 9.50. The summed E-state index contributed by atoms with van der Waals surface area (Å²) < 4.78 is 0. The summed E-state index contributed by atoms with van der Waals surface area (Å²) in [6.07, 6.45) is 2.58. The van der Waals surface area contributed by atoms with E-state index in [1.54, 1.807) is 0 Å². The van der Waals surface area contributed by atoms with Gasteiger partial charge in [0.25, 0.3) is 0 Å². The molecule has 2 heterocycles. The van der Waals surface area contributed by atoms with E-state index in [1.165, 1.54) is 18.5 Å². The van der Waals surface area contributed by atoms with Gasteiger partial charge in [-0.25, -0.2) is 0 Å². The highest BCUT2D eigenvalue weighted by molar-refractivity contribution is 8.00. The summed E-state index contributed by atoms with van der Waals surface area (Å²) in [6.45, 7) is 4.53. The molecule has 2 aliphatic heterocycles. The highest BCUT2D eigenvalue weighted by Crippen LogP contribution is 2.35. The molecule has 0 aromatic carbocycles. The van der Waals surface area contributed by atoms with E-state index in [4.69, 9.17) is 5.26 Å². The molecular formula is C10H14N2S. The third-order valence-electron chi connectivity index (χ3n) is 2.75. The van der Waals surface area contributed by atoms with Gasteiger partial charge in [0, 0.05) is 29.8 Å². The zero-order valence-electron chi connectivity index (χ0n) is 7.92. The largest absolute Gasteiger partial charge is 0.373 e. The minimum Gasteiger partial charge on any atom is -0.373 e. The Morgan fingerprint density at radius 1 is 1.46 bits per heavy atom. The van der Waals surface area contributed by atoms with Gasteiger partial charge in [0.05, 0.1) is 11.6 Å².